The third-order valence-electron chi connectivity index (χ3n) is 3.45. The Kier molecular flexibility index (Phi) is 4.69. The van der Waals surface area contributed by atoms with E-state index in [1.165, 1.54) is 10.9 Å². The van der Waals surface area contributed by atoms with Crippen LogP contribution in [0.15, 0.2) is 52.0 Å². The topological polar surface area (TPSA) is 61.2 Å². The zero-order valence-electron chi connectivity index (χ0n) is 12.6. The number of rotatable bonds is 3. The van der Waals surface area contributed by atoms with Crippen LogP contribution in [0.2, 0.25) is 5.02 Å². The number of benzene rings is 2. The number of carbonyl (C=O) groups excluding carboxylic acids is 1. The molecule has 7 heteroatoms. The van der Waals surface area contributed by atoms with Gasteiger partial charge in [0, 0.05) is 9.50 Å². The van der Waals surface area contributed by atoms with E-state index >= 15 is 0 Å². The number of aromatic nitrogens is 2. The Labute approximate surface area is 151 Å². The summed E-state index contributed by atoms with van der Waals surface area (Å²) >= 11 is 9.20. The van der Waals surface area contributed by atoms with E-state index in [2.05, 4.69) is 20.9 Å². The Morgan fingerprint density at radius 3 is 2.83 bits per heavy atom. The summed E-state index contributed by atoms with van der Waals surface area (Å²) in [7, 11) is 0. The first kappa shape index (κ1) is 16.7. The highest BCUT2D eigenvalue weighted by molar-refractivity contribution is 9.10. The molecule has 1 heterocycles. The fourth-order valence-corrected chi connectivity index (χ4v) is 2.85. The molecule has 0 radical (unpaired) electrons. The number of fused-ring (bicyclic) bond motifs is 1. The molecule has 2 aromatic carbocycles. The van der Waals surface area contributed by atoms with Gasteiger partial charge in [-0.15, -0.1) is 0 Å². The van der Waals surface area contributed by atoms with Crippen LogP contribution in [0.4, 0.5) is 0 Å². The molecule has 1 aromatic heterocycles. The van der Waals surface area contributed by atoms with E-state index in [1.807, 2.05) is 0 Å². The molecule has 0 amide bonds. The number of ether oxygens (including phenoxy) is 1. The first-order valence-electron chi connectivity index (χ1n) is 7.05. The van der Waals surface area contributed by atoms with Gasteiger partial charge in [-0.3, -0.25) is 9.36 Å². The molecule has 0 atom stereocenters. The molecular formula is C17H12BrClN2O3. The zero-order chi connectivity index (χ0) is 17.3. The van der Waals surface area contributed by atoms with Crippen molar-refractivity contribution in [3.8, 4) is 5.75 Å². The number of nitrogens with zero attached hydrogens (tertiary/aromatic N) is 2. The van der Waals surface area contributed by atoms with Crippen molar-refractivity contribution >= 4 is 44.4 Å². The SMILES string of the molecule is Cc1cc(Cl)ccc1OC(=O)Cn1cnc2ccc(Br)cc2c1=O. The lowest BCUT2D eigenvalue weighted by molar-refractivity contribution is -0.135. The lowest BCUT2D eigenvalue weighted by Crippen LogP contribution is -2.27. The molecule has 0 aliphatic rings. The van der Waals surface area contributed by atoms with Crippen LogP contribution in [0, 0.1) is 6.92 Å². The highest BCUT2D eigenvalue weighted by atomic mass is 79.9. The molecule has 0 fully saturated rings. The maximum absolute atomic E-state index is 12.5. The van der Waals surface area contributed by atoms with E-state index in [1.54, 1.807) is 43.3 Å². The highest BCUT2D eigenvalue weighted by Gasteiger charge is 2.12. The summed E-state index contributed by atoms with van der Waals surface area (Å²) < 4.78 is 7.29. The molecule has 3 rings (SSSR count). The molecule has 5 nitrogen and oxygen atoms in total. The summed E-state index contributed by atoms with van der Waals surface area (Å²) in [4.78, 5) is 28.8. The molecule has 0 spiro atoms. The van der Waals surface area contributed by atoms with Crippen LogP contribution in [-0.4, -0.2) is 15.5 Å². The Morgan fingerprint density at radius 1 is 1.29 bits per heavy atom. The first-order chi connectivity index (χ1) is 11.4. The van der Waals surface area contributed by atoms with E-state index in [4.69, 9.17) is 16.3 Å². The van der Waals surface area contributed by atoms with Gasteiger partial charge in [0.1, 0.15) is 12.3 Å². The van der Waals surface area contributed by atoms with Crippen molar-refractivity contribution in [1.82, 2.24) is 9.55 Å². The number of aryl methyl sites for hydroxylation is 1. The normalized spacial score (nSPS) is 10.8. The van der Waals surface area contributed by atoms with Gasteiger partial charge in [-0.25, -0.2) is 9.78 Å². The van der Waals surface area contributed by atoms with E-state index in [0.717, 1.165) is 10.0 Å². The minimum atomic E-state index is -0.557. The molecule has 3 aromatic rings. The second kappa shape index (κ2) is 6.75. The summed E-state index contributed by atoms with van der Waals surface area (Å²) in [5.41, 5.74) is 1.01. The molecule has 122 valence electrons. The second-order valence-corrected chi connectivity index (χ2v) is 6.58. The van der Waals surface area contributed by atoms with Crippen molar-refractivity contribution in [3.05, 3.63) is 68.1 Å². The van der Waals surface area contributed by atoms with E-state index in [0.29, 0.717) is 21.7 Å². The molecule has 0 N–H and O–H groups in total. The summed E-state index contributed by atoms with van der Waals surface area (Å²) in [6.07, 6.45) is 1.34. The monoisotopic (exact) mass is 406 g/mol. The Balaban J connectivity index is 1.85. The number of esters is 1. The largest absolute Gasteiger partial charge is 0.425 e. The van der Waals surface area contributed by atoms with Crippen LogP contribution >= 0.6 is 27.5 Å². The Morgan fingerprint density at radius 2 is 2.08 bits per heavy atom. The Bertz CT molecular complexity index is 1000. The van der Waals surface area contributed by atoms with Gasteiger partial charge in [-0.05, 0) is 48.9 Å². The minimum Gasteiger partial charge on any atom is -0.425 e. The van der Waals surface area contributed by atoms with Gasteiger partial charge in [-0.2, -0.15) is 0 Å². The molecule has 0 saturated carbocycles. The average Bonchev–Trinajstić information content (AvgIpc) is 2.53. The Hall–Kier alpha value is -2.18. The van der Waals surface area contributed by atoms with E-state index < -0.39 is 5.97 Å². The third-order valence-corrected chi connectivity index (χ3v) is 4.17. The van der Waals surface area contributed by atoms with E-state index in [9.17, 15) is 9.59 Å². The molecular weight excluding hydrogens is 396 g/mol. The fraction of sp³-hybridized carbons (Fsp3) is 0.118. The fourth-order valence-electron chi connectivity index (χ4n) is 2.27. The summed E-state index contributed by atoms with van der Waals surface area (Å²) in [5.74, 6) is -0.146. The second-order valence-electron chi connectivity index (χ2n) is 5.22. The highest BCUT2D eigenvalue weighted by Crippen LogP contribution is 2.22. The molecule has 0 aliphatic carbocycles. The lowest BCUT2D eigenvalue weighted by atomic mass is 10.2. The molecule has 0 aliphatic heterocycles. The van der Waals surface area contributed by atoms with Crippen LogP contribution < -0.4 is 10.3 Å². The maximum Gasteiger partial charge on any atom is 0.331 e. The van der Waals surface area contributed by atoms with Crippen LogP contribution in [0.5, 0.6) is 5.75 Å². The van der Waals surface area contributed by atoms with Gasteiger partial charge in [0.15, 0.2) is 0 Å². The minimum absolute atomic E-state index is 0.226. The van der Waals surface area contributed by atoms with Crippen molar-refractivity contribution < 1.29 is 9.53 Å². The molecule has 24 heavy (non-hydrogen) atoms. The van der Waals surface area contributed by atoms with Crippen LogP contribution in [0.1, 0.15) is 5.56 Å². The number of hydrogen-bond donors (Lipinski definition) is 0. The molecule has 0 saturated heterocycles. The van der Waals surface area contributed by atoms with Gasteiger partial charge in [0.2, 0.25) is 0 Å². The van der Waals surface area contributed by atoms with Gasteiger partial charge >= 0.3 is 5.97 Å². The summed E-state index contributed by atoms with van der Waals surface area (Å²) in [5, 5.41) is 0.996. The third kappa shape index (κ3) is 3.49. The van der Waals surface area contributed by atoms with Gasteiger partial charge in [0.05, 0.1) is 17.2 Å². The summed E-state index contributed by atoms with van der Waals surface area (Å²) in [6.45, 7) is 1.56. The lowest BCUT2D eigenvalue weighted by Gasteiger charge is -2.09. The van der Waals surface area contributed by atoms with E-state index in [-0.39, 0.29) is 12.1 Å². The first-order valence-corrected chi connectivity index (χ1v) is 8.22. The standard InChI is InChI=1S/C17H12BrClN2O3/c1-10-6-12(19)3-5-15(10)24-16(22)8-21-9-20-14-4-2-11(18)7-13(14)17(21)23/h2-7,9H,8H2,1H3. The van der Waals surface area contributed by atoms with Crippen LogP contribution in [0.25, 0.3) is 10.9 Å². The van der Waals surface area contributed by atoms with Crippen molar-refractivity contribution in [1.29, 1.82) is 0 Å². The van der Waals surface area contributed by atoms with Crippen molar-refractivity contribution in [3.63, 3.8) is 0 Å². The molecule has 0 bridgehead atoms. The van der Waals surface area contributed by atoms with Gasteiger partial charge in [-0.1, -0.05) is 27.5 Å². The smallest absolute Gasteiger partial charge is 0.331 e. The maximum atomic E-state index is 12.5. The molecule has 0 unspecified atom stereocenters. The quantitative estimate of drug-likeness (QED) is 0.490. The van der Waals surface area contributed by atoms with Crippen LogP contribution in [-0.2, 0) is 11.3 Å². The van der Waals surface area contributed by atoms with Crippen LogP contribution in [0.3, 0.4) is 0 Å². The number of halogens is 2. The van der Waals surface area contributed by atoms with Crippen molar-refractivity contribution in [2.24, 2.45) is 0 Å². The number of carbonyl (C=O) groups is 1. The van der Waals surface area contributed by atoms with Crippen molar-refractivity contribution in [2.75, 3.05) is 0 Å². The van der Waals surface area contributed by atoms with Gasteiger partial charge < -0.3 is 4.74 Å². The summed E-state index contributed by atoms with van der Waals surface area (Å²) in [6, 6.07) is 10.2. The predicted molar refractivity (Wildman–Crippen MR) is 95.5 cm³/mol. The van der Waals surface area contributed by atoms with Gasteiger partial charge in [0.25, 0.3) is 5.56 Å². The number of hydrogen-bond acceptors (Lipinski definition) is 4. The van der Waals surface area contributed by atoms with Crippen molar-refractivity contribution in [2.45, 2.75) is 13.5 Å². The average molecular weight is 408 g/mol. The zero-order valence-corrected chi connectivity index (χ0v) is 15.0. The predicted octanol–water partition coefficient (Wildman–Crippen LogP) is 3.73.